The lowest BCUT2D eigenvalue weighted by Crippen LogP contribution is -2.27. The van der Waals surface area contributed by atoms with Gasteiger partial charge in [0.05, 0.1) is 5.69 Å². The number of nitrogens with zero attached hydrogens (tertiary/aromatic N) is 2. The molecule has 0 fully saturated rings. The van der Waals surface area contributed by atoms with Crippen LogP contribution in [0.2, 0.25) is 0 Å². The molecule has 0 unspecified atom stereocenters. The Morgan fingerprint density at radius 2 is 2.05 bits per heavy atom. The number of benzene rings is 1. The smallest absolute Gasteiger partial charge is 0.245 e. The predicted molar refractivity (Wildman–Crippen MR) is 78.5 cm³/mol. The molecule has 20 heavy (non-hydrogen) atoms. The second kappa shape index (κ2) is 5.60. The lowest BCUT2D eigenvalue weighted by Gasteiger charge is -2.18. The van der Waals surface area contributed by atoms with Crippen LogP contribution in [-0.4, -0.2) is 24.8 Å². The van der Waals surface area contributed by atoms with E-state index in [9.17, 15) is 8.42 Å². The van der Waals surface area contributed by atoms with Gasteiger partial charge in [-0.05, 0) is 36.2 Å². The predicted octanol–water partition coefficient (Wildman–Crippen LogP) is 1.79. The summed E-state index contributed by atoms with van der Waals surface area (Å²) < 4.78 is 26.3. The Labute approximate surface area is 119 Å². The first-order valence-electron chi connectivity index (χ1n) is 6.12. The van der Waals surface area contributed by atoms with Crippen molar-refractivity contribution in [3.8, 4) is 0 Å². The Morgan fingerprint density at radius 1 is 1.30 bits per heavy atom. The summed E-state index contributed by atoms with van der Waals surface area (Å²) in [7, 11) is -2.07. The van der Waals surface area contributed by atoms with Crippen LogP contribution in [0.5, 0.6) is 0 Å². The highest BCUT2D eigenvalue weighted by Gasteiger charge is 2.23. The first-order valence-corrected chi connectivity index (χ1v) is 7.56. The highest BCUT2D eigenvalue weighted by atomic mass is 32.2. The number of rotatable bonds is 4. The van der Waals surface area contributed by atoms with Crippen molar-refractivity contribution in [1.29, 1.82) is 0 Å². The van der Waals surface area contributed by atoms with Crippen LogP contribution in [0.15, 0.2) is 47.6 Å². The van der Waals surface area contributed by atoms with Crippen LogP contribution in [0.25, 0.3) is 0 Å². The number of aryl methyl sites for hydroxylation is 1. The van der Waals surface area contributed by atoms with Gasteiger partial charge >= 0.3 is 0 Å². The Morgan fingerprint density at radius 3 is 2.65 bits per heavy atom. The molecular formula is C14H17N3O2S. The van der Waals surface area contributed by atoms with E-state index >= 15 is 0 Å². The molecule has 2 N–H and O–H groups in total. The Bertz CT molecular complexity index is 700. The summed E-state index contributed by atoms with van der Waals surface area (Å²) in [5.41, 5.74) is 7.84. The maximum atomic E-state index is 12.5. The van der Waals surface area contributed by atoms with Crippen LogP contribution in [0.4, 0.5) is 5.69 Å². The van der Waals surface area contributed by atoms with E-state index in [2.05, 4.69) is 4.98 Å². The van der Waals surface area contributed by atoms with Crippen molar-refractivity contribution in [2.45, 2.75) is 18.4 Å². The van der Waals surface area contributed by atoms with Gasteiger partial charge in [0, 0.05) is 26.0 Å². The van der Waals surface area contributed by atoms with Crippen molar-refractivity contribution in [2.24, 2.45) is 0 Å². The number of hydrogen-bond acceptors (Lipinski definition) is 4. The molecule has 0 radical (unpaired) electrons. The number of nitrogen functional groups attached to an aromatic ring is 1. The standard InChI is InChI=1S/C14H17N3O2S/c1-11-5-6-14(13(15)8-11)20(18,19)17(2)10-12-4-3-7-16-9-12/h3-9H,10,15H2,1-2H3. The van der Waals surface area contributed by atoms with Crippen LogP contribution < -0.4 is 5.73 Å². The van der Waals surface area contributed by atoms with E-state index in [1.54, 1.807) is 36.7 Å². The molecule has 0 amide bonds. The monoisotopic (exact) mass is 291 g/mol. The molecule has 0 aliphatic carbocycles. The molecule has 106 valence electrons. The average Bonchev–Trinajstić information content (AvgIpc) is 2.39. The average molecular weight is 291 g/mol. The van der Waals surface area contributed by atoms with Crippen LogP contribution in [0, 0.1) is 6.92 Å². The fraction of sp³-hybridized carbons (Fsp3) is 0.214. The lowest BCUT2D eigenvalue weighted by molar-refractivity contribution is 0.466. The van der Waals surface area contributed by atoms with Crippen molar-refractivity contribution in [2.75, 3.05) is 12.8 Å². The van der Waals surface area contributed by atoms with Crippen LogP contribution in [-0.2, 0) is 16.6 Å². The summed E-state index contributed by atoms with van der Waals surface area (Å²) in [5, 5.41) is 0. The van der Waals surface area contributed by atoms with Gasteiger partial charge in [-0.1, -0.05) is 12.1 Å². The molecule has 5 nitrogen and oxygen atoms in total. The zero-order valence-electron chi connectivity index (χ0n) is 11.4. The maximum absolute atomic E-state index is 12.5. The van der Waals surface area contributed by atoms with Crippen molar-refractivity contribution < 1.29 is 8.42 Å². The first-order chi connectivity index (χ1) is 9.41. The second-order valence-corrected chi connectivity index (χ2v) is 6.68. The number of aromatic nitrogens is 1. The fourth-order valence-electron chi connectivity index (χ4n) is 1.90. The van der Waals surface area contributed by atoms with Gasteiger partial charge in [-0.15, -0.1) is 0 Å². The normalized spacial score (nSPS) is 11.8. The molecule has 2 rings (SSSR count). The van der Waals surface area contributed by atoms with Gasteiger partial charge in [-0.3, -0.25) is 4.98 Å². The highest BCUT2D eigenvalue weighted by molar-refractivity contribution is 7.89. The van der Waals surface area contributed by atoms with E-state index in [0.29, 0.717) is 0 Å². The minimum absolute atomic E-state index is 0.134. The highest BCUT2D eigenvalue weighted by Crippen LogP contribution is 2.23. The molecule has 1 aromatic carbocycles. The molecule has 6 heteroatoms. The van der Waals surface area contributed by atoms with Crippen LogP contribution >= 0.6 is 0 Å². The molecule has 1 heterocycles. The third-order valence-electron chi connectivity index (χ3n) is 2.98. The number of hydrogen-bond donors (Lipinski definition) is 1. The van der Waals surface area contributed by atoms with E-state index in [-0.39, 0.29) is 17.1 Å². The summed E-state index contributed by atoms with van der Waals surface area (Å²) in [6.07, 6.45) is 3.29. The number of anilines is 1. The van der Waals surface area contributed by atoms with Crippen LogP contribution in [0.3, 0.4) is 0 Å². The molecule has 0 spiro atoms. The van der Waals surface area contributed by atoms with E-state index in [1.807, 2.05) is 13.0 Å². The molecular weight excluding hydrogens is 274 g/mol. The number of pyridine rings is 1. The summed E-state index contributed by atoms with van der Waals surface area (Å²) in [5.74, 6) is 0. The zero-order valence-corrected chi connectivity index (χ0v) is 12.3. The SMILES string of the molecule is Cc1ccc(S(=O)(=O)N(C)Cc2cccnc2)c(N)c1. The Hall–Kier alpha value is -1.92. The van der Waals surface area contributed by atoms with E-state index < -0.39 is 10.0 Å². The summed E-state index contributed by atoms with van der Waals surface area (Å²) >= 11 is 0. The third kappa shape index (κ3) is 2.97. The summed E-state index contributed by atoms with van der Waals surface area (Å²) in [6, 6.07) is 8.54. The molecule has 0 aliphatic heterocycles. The largest absolute Gasteiger partial charge is 0.398 e. The Kier molecular flexibility index (Phi) is 4.06. The molecule has 0 saturated carbocycles. The van der Waals surface area contributed by atoms with Crippen molar-refractivity contribution in [3.63, 3.8) is 0 Å². The zero-order chi connectivity index (χ0) is 14.8. The molecule has 0 bridgehead atoms. The minimum atomic E-state index is -3.60. The van der Waals surface area contributed by atoms with E-state index in [0.717, 1.165) is 11.1 Å². The Balaban J connectivity index is 2.30. The molecule has 0 aliphatic rings. The maximum Gasteiger partial charge on any atom is 0.245 e. The van der Waals surface area contributed by atoms with Gasteiger partial charge < -0.3 is 5.73 Å². The third-order valence-corrected chi connectivity index (χ3v) is 4.86. The van der Waals surface area contributed by atoms with Crippen molar-refractivity contribution >= 4 is 15.7 Å². The molecule has 2 aromatic rings. The quantitative estimate of drug-likeness (QED) is 0.871. The molecule has 0 saturated heterocycles. The van der Waals surface area contributed by atoms with Gasteiger partial charge in [0.2, 0.25) is 10.0 Å². The van der Waals surface area contributed by atoms with Gasteiger partial charge in [-0.25, -0.2) is 8.42 Å². The van der Waals surface area contributed by atoms with Gasteiger partial charge in [0.1, 0.15) is 4.90 Å². The summed E-state index contributed by atoms with van der Waals surface area (Å²) in [6.45, 7) is 2.12. The van der Waals surface area contributed by atoms with Gasteiger partial charge in [0.25, 0.3) is 0 Å². The van der Waals surface area contributed by atoms with E-state index in [4.69, 9.17) is 5.73 Å². The van der Waals surface area contributed by atoms with E-state index in [1.165, 1.54) is 11.4 Å². The van der Waals surface area contributed by atoms with Gasteiger partial charge in [-0.2, -0.15) is 4.31 Å². The minimum Gasteiger partial charge on any atom is -0.398 e. The molecule has 1 aromatic heterocycles. The second-order valence-electron chi connectivity index (χ2n) is 4.66. The molecule has 0 atom stereocenters. The van der Waals surface area contributed by atoms with Crippen molar-refractivity contribution in [1.82, 2.24) is 9.29 Å². The van der Waals surface area contributed by atoms with Gasteiger partial charge in [0.15, 0.2) is 0 Å². The fourth-order valence-corrected chi connectivity index (χ4v) is 3.16. The number of sulfonamides is 1. The lowest BCUT2D eigenvalue weighted by atomic mass is 10.2. The number of nitrogens with two attached hydrogens (primary N) is 1. The van der Waals surface area contributed by atoms with Crippen molar-refractivity contribution in [3.05, 3.63) is 53.9 Å². The van der Waals surface area contributed by atoms with Crippen LogP contribution in [0.1, 0.15) is 11.1 Å². The summed E-state index contributed by atoms with van der Waals surface area (Å²) in [4.78, 5) is 4.11. The first kappa shape index (κ1) is 14.5. The topological polar surface area (TPSA) is 76.3 Å².